The van der Waals surface area contributed by atoms with Crippen molar-refractivity contribution in [2.24, 2.45) is 0 Å². The number of aryl methyl sites for hydroxylation is 2. The first-order valence-corrected chi connectivity index (χ1v) is 11.8. The van der Waals surface area contributed by atoms with Crippen LogP contribution in [0.3, 0.4) is 0 Å². The first-order chi connectivity index (χ1) is 15.6. The number of ether oxygens (including phenoxy) is 1. The molecule has 7 nitrogen and oxygen atoms in total. The van der Waals surface area contributed by atoms with Crippen LogP contribution in [0.15, 0.2) is 30.5 Å². The first-order valence-electron chi connectivity index (χ1n) is 11.8. The van der Waals surface area contributed by atoms with Gasteiger partial charge in [-0.05, 0) is 43.9 Å². The molecule has 0 saturated carbocycles. The SMILES string of the molecule is CCc1nc2c(cnn2CC)c(NC2CCOCC2)c1CNCc1ccc(N(C)C)cc1. The standard InChI is InChI=1S/C25H36N6O/c1-5-23-21(16-26-15-18-7-9-20(10-8-18)30(3)4)24(28-19-11-13-32-14-12-19)22-17-27-31(6-2)25(22)29-23/h7-10,17,19,26H,5-6,11-16H2,1-4H3,(H,28,29). The van der Waals surface area contributed by atoms with E-state index in [1.54, 1.807) is 0 Å². The Hall–Kier alpha value is -2.64. The van der Waals surface area contributed by atoms with E-state index in [9.17, 15) is 0 Å². The van der Waals surface area contributed by atoms with E-state index >= 15 is 0 Å². The molecule has 3 heterocycles. The van der Waals surface area contributed by atoms with Crippen LogP contribution in [0.5, 0.6) is 0 Å². The van der Waals surface area contributed by atoms with Gasteiger partial charge < -0.3 is 20.3 Å². The number of rotatable bonds is 9. The number of fused-ring (bicyclic) bond motifs is 1. The van der Waals surface area contributed by atoms with Gasteiger partial charge in [0.15, 0.2) is 5.65 Å². The smallest absolute Gasteiger partial charge is 0.160 e. The number of hydrogen-bond acceptors (Lipinski definition) is 6. The summed E-state index contributed by atoms with van der Waals surface area (Å²) in [6.07, 6.45) is 4.91. The quantitative estimate of drug-likeness (QED) is 0.529. The topological polar surface area (TPSA) is 67.2 Å². The van der Waals surface area contributed by atoms with Crippen molar-refractivity contribution in [2.45, 2.75) is 58.8 Å². The summed E-state index contributed by atoms with van der Waals surface area (Å²) >= 11 is 0. The molecule has 172 valence electrons. The normalized spacial score (nSPS) is 14.8. The molecule has 1 aliphatic rings. The largest absolute Gasteiger partial charge is 0.381 e. The zero-order chi connectivity index (χ0) is 22.5. The van der Waals surface area contributed by atoms with Gasteiger partial charge in [-0.3, -0.25) is 0 Å². The molecule has 1 aliphatic heterocycles. The van der Waals surface area contributed by atoms with Crippen LogP contribution in [-0.2, 0) is 30.8 Å². The lowest BCUT2D eigenvalue weighted by Gasteiger charge is -2.26. The van der Waals surface area contributed by atoms with Crippen molar-refractivity contribution in [3.8, 4) is 0 Å². The number of anilines is 2. The van der Waals surface area contributed by atoms with Crippen molar-refractivity contribution < 1.29 is 4.74 Å². The van der Waals surface area contributed by atoms with Gasteiger partial charge in [-0.15, -0.1) is 0 Å². The molecule has 2 N–H and O–H groups in total. The lowest BCUT2D eigenvalue weighted by molar-refractivity contribution is 0.0904. The third-order valence-electron chi connectivity index (χ3n) is 6.26. The predicted molar refractivity (Wildman–Crippen MR) is 131 cm³/mol. The fourth-order valence-corrected chi connectivity index (χ4v) is 4.34. The number of aromatic nitrogens is 3. The molecule has 0 amide bonds. The highest BCUT2D eigenvalue weighted by Crippen LogP contribution is 2.31. The van der Waals surface area contributed by atoms with Gasteiger partial charge in [-0.1, -0.05) is 19.1 Å². The molecule has 0 unspecified atom stereocenters. The van der Waals surface area contributed by atoms with Gasteiger partial charge >= 0.3 is 0 Å². The molecule has 0 atom stereocenters. The van der Waals surface area contributed by atoms with E-state index < -0.39 is 0 Å². The summed E-state index contributed by atoms with van der Waals surface area (Å²) in [5.74, 6) is 0. The highest BCUT2D eigenvalue weighted by atomic mass is 16.5. The molecule has 3 aromatic rings. The van der Waals surface area contributed by atoms with E-state index in [-0.39, 0.29) is 0 Å². The zero-order valence-electron chi connectivity index (χ0n) is 19.8. The summed E-state index contributed by atoms with van der Waals surface area (Å²) < 4.78 is 7.57. The molecule has 0 bridgehead atoms. The summed E-state index contributed by atoms with van der Waals surface area (Å²) in [5, 5.41) is 13.2. The van der Waals surface area contributed by atoms with Gasteiger partial charge in [-0.2, -0.15) is 5.10 Å². The van der Waals surface area contributed by atoms with E-state index in [1.807, 2.05) is 10.9 Å². The Labute approximate surface area is 191 Å². The molecule has 7 heteroatoms. The summed E-state index contributed by atoms with van der Waals surface area (Å²) in [6, 6.07) is 9.13. The van der Waals surface area contributed by atoms with E-state index in [1.165, 1.54) is 22.5 Å². The monoisotopic (exact) mass is 436 g/mol. The van der Waals surface area contributed by atoms with E-state index in [2.05, 4.69) is 72.8 Å². The molecule has 32 heavy (non-hydrogen) atoms. The van der Waals surface area contributed by atoms with Crippen molar-refractivity contribution >= 4 is 22.4 Å². The lowest BCUT2D eigenvalue weighted by Crippen LogP contribution is -2.29. The van der Waals surface area contributed by atoms with Crippen LogP contribution in [-0.4, -0.2) is 48.1 Å². The Morgan fingerprint density at radius 3 is 2.50 bits per heavy atom. The Morgan fingerprint density at radius 1 is 1.09 bits per heavy atom. The van der Waals surface area contributed by atoms with Crippen molar-refractivity contribution in [1.29, 1.82) is 0 Å². The average Bonchev–Trinajstić information content (AvgIpc) is 3.23. The average molecular weight is 437 g/mol. The summed E-state index contributed by atoms with van der Waals surface area (Å²) in [5.41, 5.74) is 7.05. The molecule has 0 radical (unpaired) electrons. The highest BCUT2D eigenvalue weighted by molar-refractivity contribution is 5.91. The number of nitrogens with one attached hydrogen (secondary N) is 2. The molecule has 2 aromatic heterocycles. The van der Waals surface area contributed by atoms with Crippen molar-refractivity contribution in [2.75, 3.05) is 37.5 Å². The summed E-state index contributed by atoms with van der Waals surface area (Å²) in [6.45, 7) is 8.33. The first kappa shape index (κ1) is 22.6. The Morgan fingerprint density at radius 2 is 1.84 bits per heavy atom. The Kier molecular flexibility index (Phi) is 7.27. The number of hydrogen-bond donors (Lipinski definition) is 2. The van der Waals surface area contributed by atoms with Crippen LogP contribution in [0.2, 0.25) is 0 Å². The van der Waals surface area contributed by atoms with Gasteiger partial charge in [-0.25, -0.2) is 9.67 Å². The Bertz CT molecular complexity index is 1020. The molecular formula is C25H36N6O. The fourth-order valence-electron chi connectivity index (χ4n) is 4.34. The fraction of sp³-hybridized carbons (Fsp3) is 0.520. The molecule has 1 fully saturated rings. The molecular weight excluding hydrogens is 400 g/mol. The summed E-state index contributed by atoms with van der Waals surface area (Å²) in [4.78, 5) is 7.15. The van der Waals surface area contributed by atoms with Crippen molar-refractivity contribution in [3.63, 3.8) is 0 Å². The van der Waals surface area contributed by atoms with Gasteiger partial charge in [0.25, 0.3) is 0 Å². The van der Waals surface area contributed by atoms with E-state index in [0.717, 1.165) is 68.8 Å². The second kappa shape index (κ2) is 10.3. The van der Waals surface area contributed by atoms with Crippen LogP contribution in [0.4, 0.5) is 11.4 Å². The zero-order valence-corrected chi connectivity index (χ0v) is 19.8. The molecule has 1 aromatic carbocycles. The lowest BCUT2D eigenvalue weighted by atomic mass is 10.0. The third kappa shape index (κ3) is 4.89. The molecule has 4 rings (SSSR count). The second-order valence-corrected chi connectivity index (χ2v) is 8.66. The maximum Gasteiger partial charge on any atom is 0.160 e. The van der Waals surface area contributed by atoms with Gasteiger partial charge in [0.05, 0.1) is 17.3 Å². The van der Waals surface area contributed by atoms with Crippen LogP contribution in [0.25, 0.3) is 11.0 Å². The van der Waals surface area contributed by atoms with Crippen LogP contribution in [0, 0.1) is 0 Å². The van der Waals surface area contributed by atoms with Crippen LogP contribution in [0.1, 0.15) is 43.5 Å². The van der Waals surface area contributed by atoms with Crippen LogP contribution < -0.4 is 15.5 Å². The second-order valence-electron chi connectivity index (χ2n) is 8.66. The number of benzene rings is 1. The molecule has 0 spiro atoms. The molecule has 1 saturated heterocycles. The van der Waals surface area contributed by atoms with Crippen LogP contribution >= 0.6 is 0 Å². The van der Waals surface area contributed by atoms with Gasteiger partial charge in [0.1, 0.15) is 0 Å². The van der Waals surface area contributed by atoms with E-state index in [0.29, 0.717) is 6.04 Å². The van der Waals surface area contributed by atoms with Gasteiger partial charge in [0, 0.05) is 69.9 Å². The number of nitrogens with zero attached hydrogens (tertiary/aromatic N) is 4. The summed E-state index contributed by atoms with van der Waals surface area (Å²) in [7, 11) is 4.13. The van der Waals surface area contributed by atoms with Gasteiger partial charge in [0.2, 0.25) is 0 Å². The minimum absolute atomic E-state index is 0.418. The minimum atomic E-state index is 0.418. The maximum absolute atomic E-state index is 5.57. The predicted octanol–water partition coefficient (Wildman–Crippen LogP) is 3.96. The number of pyridine rings is 1. The third-order valence-corrected chi connectivity index (χ3v) is 6.26. The highest BCUT2D eigenvalue weighted by Gasteiger charge is 2.21. The van der Waals surface area contributed by atoms with E-state index in [4.69, 9.17) is 9.72 Å². The van der Waals surface area contributed by atoms with Crippen molar-refractivity contribution in [1.82, 2.24) is 20.1 Å². The minimum Gasteiger partial charge on any atom is -0.381 e. The molecule has 0 aliphatic carbocycles. The van der Waals surface area contributed by atoms with Crippen molar-refractivity contribution in [3.05, 3.63) is 47.3 Å². The Balaban J connectivity index is 1.60. The maximum atomic E-state index is 5.57.